The maximum Gasteiger partial charge on any atom is 0.160 e. The van der Waals surface area contributed by atoms with Crippen LogP contribution < -0.4 is 0 Å². The highest BCUT2D eigenvalue weighted by molar-refractivity contribution is 9.10. The average Bonchev–Trinajstić information content (AvgIpc) is 2.79. The molecule has 0 saturated heterocycles. The summed E-state index contributed by atoms with van der Waals surface area (Å²) in [6, 6.07) is 33.4. The van der Waals surface area contributed by atoms with E-state index in [1.54, 1.807) is 0 Å². The van der Waals surface area contributed by atoms with Gasteiger partial charge in [-0.05, 0) is 40.5 Å². The molecular formula is C26H17BrN2. The summed E-state index contributed by atoms with van der Waals surface area (Å²) in [6.45, 7) is 0. The molecule has 0 amide bonds. The van der Waals surface area contributed by atoms with E-state index in [4.69, 9.17) is 4.98 Å². The highest BCUT2D eigenvalue weighted by atomic mass is 79.9. The molecule has 5 rings (SSSR count). The van der Waals surface area contributed by atoms with Gasteiger partial charge >= 0.3 is 0 Å². The molecule has 0 bridgehead atoms. The third-order valence-corrected chi connectivity index (χ3v) is 5.68. The second-order valence-corrected chi connectivity index (χ2v) is 7.74. The van der Waals surface area contributed by atoms with Crippen molar-refractivity contribution in [1.29, 1.82) is 0 Å². The number of benzene rings is 4. The van der Waals surface area contributed by atoms with Crippen LogP contribution in [-0.2, 0) is 0 Å². The summed E-state index contributed by atoms with van der Waals surface area (Å²) in [4.78, 5) is 9.26. The van der Waals surface area contributed by atoms with E-state index in [1.165, 1.54) is 16.7 Å². The molecule has 4 aromatic carbocycles. The fraction of sp³-hybridized carbons (Fsp3) is 0. The largest absolute Gasteiger partial charge is 0.236 e. The number of rotatable bonds is 3. The molecule has 0 aliphatic carbocycles. The zero-order valence-electron chi connectivity index (χ0n) is 15.6. The first-order chi connectivity index (χ1) is 14.3. The Balaban J connectivity index is 1.47. The van der Waals surface area contributed by atoms with E-state index in [2.05, 4.69) is 87.6 Å². The van der Waals surface area contributed by atoms with Crippen LogP contribution in [0, 0.1) is 0 Å². The lowest BCUT2D eigenvalue weighted by Crippen LogP contribution is -1.91. The van der Waals surface area contributed by atoms with Gasteiger partial charge in [-0.25, -0.2) is 9.97 Å². The summed E-state index contributed by atoms with van der Waals surface area (Å²) in [5.74, 6) is 0.724. The molecule has 0 aliphatic heterocycles. The molecule has 0 fully saturated rings. The van der Waals surface area contributed by atoms with Gasteiger partial charge in [-0.15, -0.1) is 0 Å². The van der Waals surface area contributed by atoms with Gasteiger partial charge in [-0.2, -0.15) is 0 Å². The van der Waals surface area contributed by atoms with Crippen molar-refractivity contribution >= 4 is 26.8 Å². The van der Waals surface area contributed by atoms with Gasteiger partial charge < -0.3 is 0 Å². The smallest absolute Gasteiger partial charge is 0.160 e. The topological polar surface area (TPSA) is 25.8 Å². The van der Waals surface area contributed by atoms with E-state index in [-0.39, 0.29) is 0 Å². The minimum Gasteiger partial charge on any atom is -0.236 e. The Morgan fingerprint density at radius 1 is 0.586 bits per heavy atom. The number of hydrogen-bond donors (Lipinski definition) is 0. The van der Waals surface area contributed by atoms with Gasteiger partial charge in [0.05, 0.1) is 5.52 Å². The monoisotopic (exact) mass is 436 g/mol. The zero-order valence-corrected chi connectivity index (χ0v) is 17.2. The molecule has 1 aromatic heterocycles. The number of halogens is 1. The second-order valence-electron chi connectivity index (χ2n) is 6.89. The van der Waals surface area contributed by atoms with Gasteiger partial charge in [0.1, 0.15) is 0 Å². The molecule has 1 heterocycles. The lowest BCUT2D eigenvalue weighted by molar-refractivity contribution is 1.22. The summed E-state index contributed by atoms with van der Waals surface area (Å²) in [5.41, 5.74) is 6.71. The predicted octanol–water partition coefficient (Wildman–Crippen LogP) is 7.39. The van der Waals surface area contributed by atoms with Crippen molar-refractivity contribution in [3.63, 3.8) is 0 Å². The van der Waals surface area contributed by atoms with Crippen LogP contribution in [0.3, 0.4) is 0 Å². The highest BCUT2D eigenvalue weighted by Crippen LogP contribution is 2.32. The summed E-state index contributed by atoms with van der Waals surface area (Å²) >= 11 is 3.72. The van der Waals surface area contributed by atoms with Gasteiger partial charge in [0.2, 0.25) is 0 Å². The van der Waals surface area contributed by atoms with E-state index in [0.717, 1.165) is 32.3 Å². The molecule has 0 aliphatic rings. The Bertz CT molecular complexity index is 1300. The minimum atomic E-state index is 0.724. The van der Waals surface area contributed by atoms with E-state index in [1.807, 2.05) is 36.5 Å². The Morgan fingerprint density at radius 3 is 1.97 bits per heavy atom. The number of hydrogen-bond acceptors (Lipinski definition) is 2. The first kappa shape index (κ1) is 17.8. The van der Waals surface area contributed by atoms with Gasteiger partial charge in [-0.1, -0.05) is 94.8 Å². The van der Waals surface area contributed by atoms with Gasteiger partial charge in [-0.3, -0.25) is 0 Å². The summed E-state index contributed by atoms with van der Waals surface area (Å²) < 4.78 is 0.984. The molecular weight excluding hydrogens is 420 g/mol. The van der Waals surface area contributed by atoms with Crippen LogP contribution in [0.4, 0.5) is 0 Å². The van der Waals surface area contributed by atoms with Crippen molar-refractivity contribution < 1.29 is 0 Å². The van der Waals surface area contributed by atoms with Crippen LogP contribution in [0.2, 0.25) is 0 Å². The van der Waals surface area contributed by atoms with Gasteiger partial charge in [0, 0.05) is 21.6 Å². The van der Waals surface area contributed by atoms with Gasteiger partial charge in [0.15, 0.2) is 5.82 Å². The fourth-order valence-corrected chi connectivity index (χ4v) is 4.02. The van der Waals surface area contributed by atoms with Crippen molar-refractivity contribution in [3.05, 3.63) is 108 Å². The molecule has 3 heteroatoms. The third-order valence-electron chi connectivity index (χ3n) is 5.02. The minimum absolute atomic E-state index is 0.724. The first-order valence-corrected chi connectivity index (χ1v) is 10.2. The number of fused-ring (bicyclic) bond motifs is 1. The SMILES string of the molecule is Brc1cc(-c2ccc(-c3ccccc3)cc2)ccc1-c1ncc2ccccc2n1. The van der Waals surface area contributed by atoms with Crippen molar-refractivity contribution in [2.75, 3.05) is 0 Å². The molecule has 138 valence electrons. The predicted molar refractivity (Wildman–Crippen MR) is 124 cm³/mol. The number of para-hydroxylation sites is 1. The molecule has 0 spiro atoms. The Kier molecular flexibility index (Phi) is 4.66. The van der Waals surface area contributed by atoms with Gasteiger partial charge in [0.25, 0.3) is 0 Å². The summed E-state index contributed by atoms with van der Waals surface area (Å²) in [6.07, 6.45) is 1.88. The van der Waals surface area contributed by atoms with Crippen molar-refractivity contribution in [2.45, 2.75) is 0 Å². The Hall–Kier alpha value is -3.30. The molecule has 0 unspecified atom stereocenters. The quantitative estimate of drug-likeness (QED) is 0.294. The maximum atomic E-state index is 4.71. The van der Waals surface area contributed by atoms with Crippen molar-refractivity contribution in [2.24, 2.45) is 0 Å². The first-order valence-electron chi connectivity index (χ1n) is 9.45. The molecule has 29 heavy (non-hydrogen) atoms. The molecule has 0 saturated carbocycles. The van der Waals surface area contributed by atoms with Crippen molar-refractivity contribution in [1.82, 2.24) is 9.97 Å². The summed E-state index contributed by atoms with van der Waals surface area (Å²) in [5, 5.41) is 1.04. The lowest BCUT2D eigenvalue weighted by atomic mass is 9.99. The van der Waals surface area contributed by atoms with E-state index in [0.29, 0.717) is 0 Å². The van der Waals surface area contributed by atoms with Crippen LogP contribution in [-0.4, -0.2) is 9.97 Å². The fourth-order valence-electron chi connectivity index (χ4n) is 3.46. The van der Waals surface area contributed by atoms with Crippen LogP contribution in [0.25, 0.3) is 44.5 Å². The van der Waals surface area contributed by atoms with E-state index >= 15 is 0 Å². The maximum absolute atomic E-state index is 4.71. The number of aromatic nitrogens is 2. The van der Waals surface area contributed by atoms with Crippen LogP contribution in [0.1, 0.15) is 0 Å². The Labute approximate surface area is 178 Å². The van der Waals surface area contributed by atoms with Crippen LogP contribution in [0.5, 0.6) is 0 Å². The normalized spacial score (nSPS) is 10.9. The molecule has 0 radical (unpaired) electrons. The molecule has 2 nitrogen and oxygen atoms in total. The van der Waals surface area contributed by atoms with Crippen LogP contribution >= 0.6 is 15.9 Å². The van der Waals surface area contributed by atoms with E-state index in [9.17, 15) is 0 Å². The lowest BCUT2D eigenvalue weighted by Gasteiger charge is -2.09. The zero-order chi connectivity index (χ0) is 19.6. The summed E-state index contributed by atoms with van der Waals surface area (Å²) in [7, 11) is 0. The standard InChI is InChI=1S/C26H17BrN2/c27-24-16-21(20-12-10-19(11-13-20)18-6-2-1-3-7-18)14-15-23(24)26-28-17-22-8-4-5-9-25(22)29-26/h1-17H. The molecule has 0 N–H and O–H groups in total. The van der Waals surface area contributed by atoms with Crippen molar-refractivity contribution in [3.8, 4) is 33.6 Å². The third kappa shape index (κ3) is 3.57. The number of nitrogens with zero attached hydrogens (tertiary/aromatic N) is 2. The van der Waals surface area contributed by atoms with E-state index < -0.39 is 0 Å². The average molecular weight is 437 g/mol. The van der Waals surface area contributed by atoms with Crippen LogP contribution in [0.15, 0.2) is 108 Å². The Morgan fingerprint density at radius 2 is 1.21 bits per heavy atom. The molecule has 5 aromatic rings. The second kappa shape index (κ2) is 7.61. The molecule has 0 atom stereocenters. The highest BCUT2D eigenvalue weighted by Gasteiger charge is 2.09.